The highest BCUT2D eigenvalue weighted by Gasteiger charge is 2.29. The molecule has 0 saturated heterocycles. The summed E-state index contributed by atoms with van der Waals surface area (Å²) in [6.07, 6.45) is 0. The first-order valence-electron chi connectivity index (χ1n) is 5.31. The molecule has 1 aromatic carbocycles. The lowest BCUT2D eigenvalue weighted by molar-refractivity contribution is 0.511. The van der Waals surface area contributed by atoms with E-state index in [0.717, 1.165) is 17.8 Å². The Morgan fingerprint density at radius 2 is 2.27 bits per heavy atom. The number of hydrogen-bond acceptors (Lipinski definition) is 2. The van der Waals surface area contributed by atoms with Crippen molar-refractivity contribution in [1.82, 2.24) is 5.32 Å². The minimum atomic E-state index is -0.141. The van der Waals surface area contributed by atoms with Gasteiger partial charge in [0.15, 0.2) is 0 Å². The molecule has 82 valence electrons. The van der Waals surface area contributed by atoms with Crippen molar-refractivity contribution in [3.05, 3.63) is 29.6 Å². The molecule has 0 bridgehead atoms. The standard InChI is InChI=1S/C12H17FN2/c1-8(14-2)11-7-15(3)12-5-4-9(13)6-10(11)12/h4-6,8,11,14H,7H2,1-3H3. The smallest absolute Gasteiger partial charge is 0.123 e. The maximum atomic E-state index is 13.2. The van der Waals surface area contributed by atoms with Crippen LogP contribution in [0.15, 0.2) is 18.2 Å². The number of hydrogen-bond donors (Lipinski definition) is 1. The summed E-state index contributed by atoms with van der Waals surface area (Å²) in [4.78, 5) is 2.19. The van der Waals surface area contributed by atoms with E-state index in [2.05, 4.69) is 24.2 Å². The molecule has 1 aliphatic rings. The van der Waals surface area contributed by atoms with Crippen LogP contribution in [0.25, 0.3) is 0 Å². The van der Waals surface area contributed by atoms with E-state index in [1.54, 1.807) is 6.07 Å². The largest absolute Gasteiger partial charge is 0.374 e. The summed E-state index contributed by atoms with van der Waals surface area (Å²) in [5.41, 5.74) is 2.28. The Hall–Kier alpha value is -1.09. The fraction of sp³-hybridized carbons (Fsp3) is 0.500. The zero-order valence-corrected chi connectivity index (χ0v) is 9.42. The van der Waals surface area contributed by atoms with Crippen molar-refractivity contribution in [2.45, 2.75) is 18.9 Å². The third-order valence-corrected chi connectivity index (χ3v) is 3.33. The predicted octanol–water partition coefficient (Wildman–Crippen LogP) is 1.97. The molecular weight excluding hydrogens is 191 g/mol. The molecule has 0 amide bonds. The van der Waals surface area contributed by atoms with Gasteiger partial charge in [0.05, 0.1) is 0 Å². The fourth-order valence-electron chi connectivity index (χ4n) is 2.29. The summed E-state index contributed by atoms with van der Waals surface area (Å²) in [5, 5.41) is 3.24. The second-order valence-electron chi connectivity index (χ2n) is 4.27. The molecule has 0 aliphatic carbocycles. The third-order valence-electron chi connectivity index (χ3n) is 3.33. The van der Waals surface area contributed by atoms with Crippen LogP contribution >= 0.6 is 0 Å². The number of benzene rings is 1. The highest BCUT2D eigenvalue weighted by molar-refractivity contribution is 5.60. The quantitative estimate of drug-likeness (QED) is 0.799. The van der Waals surface area contributed by atoms with Crippen molar-refractivity contribution in [2.75, 3.05) is 25.5 Å². The number of rotatable bonds is 2. The molecule has 1 heterocycles. The second kappa shape index (κ2) is 3.81. The van der Waals surface area contributed by atoms with Crippen LogP contribution in [-0.4, -0.2) is 26.7 Å². The van der Waals surface area contributed by atoms with E-state index in [0.29, 0.717) is 12.0 Å². The summed E-state index contributed by atoms with van der Waals surface area (Å²) >= 11 is 0. The first-order valence-corrected chi connectivity index (χ1v) is 5.31. The third kappa shape index (κ3) is 1.72. The van der Waals surface area contributed by atoms with E-state index in [-0.39, 0.29) is 5.82 Å². The summed E-state index contributed by atoms with van der Waals surface area (Å²) in [5.74, 6) is 0.239. The predicted molar refractivity (Wildman–Crippen MR) is 60.9 cm³/mol. The summed E-state index contributed by atoms with van der Waals surface area (Å²) in [6.45, 7) is 3.10. The number of nitrogens with zero attached hydrogens (tertiary/aromatic N) is 1. The van der Waals surface area contributed by atoms with Gasteiger partial charge in [0.25, 0.3) is 0 Å². The topological polar surface area (TPSA) is 15.3 Å². The van der Waals surface area contributed by atoms with Crippen LogP contribution in [0.3, 0.4) is 0 Å². The minimum absolute atomic E-state index is 0.141. The molecule has 2 rings (SSSR count). The first-order chi connectivity index (χ1) is 7.13. The van der Waals surface area contributed by atoms with Crippen molar-refractivity contribution in [2.24, 2.45) is 0 Å². The van der Waals surface area contributed by atoms with Crippen LogP contribution in [0.2, 0.25) is 0 Å². The van der Waals surface area contributed by atoms with E-state index < -0.39 is 0 Å². The van der Waals surface area contributed by atoms with E-state index in [9.17, 15) is 4.39 Å². The first kappa shape index (κ1) is 10.4. The maximum Gasteiger partial charge on any atom is 0.123 e. The molecule has 0 fully saturated rings. The molecule has 2 atom stereocenters. The van der Waals surface area contributed by atoms with Gasteiger partial charge < -0.3 is 10.2 Å². The van der Waals surface area contributed by atoms with Crippen LogP contribution in [-0.2, 0) is 0 Å². The summed E-state index contributed by atoms with van der Waals surface area (Å²) in [7, 11) is 4.00. The van der Waals surface area contributed by atoms with Crippen LogP contribution < -0.4 is 10.2 Å². The summed E-state index contributed by atoms with van der Waals surface area (Å²) < 4.78 is 13.2. The normalized spacial score (nSPS) is 21.6. The van der Waals surface area contributed by atoms with E-state index in [1.165, 1.54) is 6.07 Å². The molecule has 3 heteroatoms. The molecule has 2 unspecified atom stereocenters. The summed E-state index contributed by atoms with van der Waals surface area (Å²) in [6, 6.07) is 5.43. The van der Waals surface area contributed by atoms with Crippen LogP contribution in [0.5, 0.6) is 0 Å². The highest BCUT2D eigenvalue weighted by Crippen LogP contribution is 2.37. The lowest BCUT2D eigenvalue weighted by Crippen LogP contribution is -2.31. The van der Waals surface area contributed by atoms with Gasteiger partial charge in [-0.05, 0) is 37.7 Å². The highest BCUT2D eigenvalue weighted by atomic mass is 19.1. The van der Waals surface area contributed by atoms with Crippen molar-refractivity contribution in [3.63, 3.8) is 0 Å². The Morgan fingerprint density at radius 1 is 1.53 bits per heavy atom. The molecule has 1 N–H and O–H groups in total. The van der Waals surface area contributed by atoms with Gasteiger partial charge in [-0.1, -0.05) is 0 Å². The van der Waals surface area contributed by atoms with E-state index in [1.807, 2.05) is 13.1 Å². The molecule has 0 radical (unpaired) electrons. The van der Waals surface area contributed by atoms with Gasteiger partial charge in [0, 0.05) is 31.2 Å². The average Bonchev–Trinajstić information content (AvgIpc) is 2.54. The van der Waals surface area contributed by atoms with Crippen molar-refractivity contribution in [1.29, 1.82) is 0 Å². The Morgan fingerprint density at radius 3 is 2.93 bits per heavy atom. The van der Waals surface area contributed by atoms with Crippen molar-refractivity contribution < 1.29 is 4.39 Å². The number of likely N-dealkylation sites (N-methyl/N-ethyl adjacent to an activating group) is 2. The fourth-order valence-corrected chi connectivity index (χ4v) is 2.29. The van der Waals surface area contributed by atoms with Gasteiger partial charge >= 0.3 is 0 Å². The molecular formula is C12H17FN2. The second-order valence-corrected chi connectivity index (χ2v) is 4.27. The van der Waals surface area contributed by atoms with Gasteiger partial charge in [-0.2, -0.15) is 0 Å². The Bertz CT molecular complexity index is 365. The Labute approximate surface area is 90.1 Å². The van der Waals surface area contributed by atoms with Gasteiger partial charge in [-0.25, -0.2) is 4.39 Å². The van der Waals surface area contributed by atoms with Gasteiger partial charge in [0.2, 0.25) is 0 Å². The molecule has 0 aromatic heterocycles. The van der Waals surface area contributed by atoms with E-state index in [4.69, 9.17) is 0 Å². The van der Waals surface area contributed by atoms with Crippen LogP contribution in [0, 0.1) is 5.82 Å². The van der Waals surface area contributed by atoms with Crippen LogP contribution in [0.4, 0.5) is 10.1 Å². The van der Waals surface area contributed by atoms with Gasteiger partial charge in [-0.3, -0.25) is 0 Å². The van der Waals surface area contributed by atoms with E-state index >= 15 is 0 Å². The monoisotopic (exact) mass is 208 g/mol. The molecule has 0 spiro atoms. The van der Waals surface area contributed by atoms with Crippen molar-refractivity contribution >= 4 is 5.69 Å². The lowest BCUT2D eigenvalue weighted by Gasteiger charge is -2.19. The van der Waals surface area contributed by atoms with Crippen LogP contribution in [0.1, 0.15) is 18.4 Å². The Balaban J connectivity index is 2.39. The zero-order valence-electron chi connectivity index (χ0n) is 9.42. The molecule has 15 heavy (non-hydrogen) atoms. The molecule has 1 aromatic rings. The number of nitrogens with one attached hydrogen (secondary N) is 1. The molecule has 0 saturated carbocycles. The molecule has 1 aliphatic heterocycles. The van der Waals surface area contributed by atoms with Gasteiger partial charge in [0.1, 0.15) is 5.82 Å². The lowest BCUT2D eigenvalue weighted by atomic mass is 9.94. The maximum absolute atomic E-state index is 13.2. The molecule has 2 nitrogen and oxygen atoms in total. The SMILES string of the molecule is CNC(C)C1CN(C)c2ccc(F)cc21. The minimum Gasteiger partial charge on any atom is -0.374 e. The number of anilines is 1. The number of fused-ring (bicyclic) bond motifs is 1. The Kier molecular flexibility index (Phi) is 2.65. The number of halogens is 1. The zero-order chi connectivity index (χ0) is 11.0. The average molecular weight is 208 g/mol. The van der Waals surface area contributed by atoms with Crippen molar-refractivity contribution in [3.8, 4) is 0 Å². The van der Waals surface area contributed by atoms with Gasteiger partial charge in [-0.15, -0.1) is 0 Å².